The maximum atomic E-state index is 12.8. The highest BCUT2D eigenvalue weighted by atomic mass is 32.1. The van der Waals surface area contributed by atoms with Gasteiger partial charge in [0.25, 0.3) is 5.91 Å². The van der Waals surface area contributed by atoms with E-state index in [1.165, 1.54) is 5.56 Å². The summed E-state index contributed by atoms with van der Waals surface area (Å²) in [5.41, 5.74) is 8.95. The number of nitrogens with two attached hydrogens (primary N) is 1. The fraction of sp³-hybridized carbons (Fsp3) is 0.467. The lowest BCUT2D eigenvalue weighted by molar-refractivity contribution is 0.0725. The van der Waals surface area contributed by atoms with Crippen LogP contribution in [0.5, 0.6) is 0 Å². The van der Waals surface area contributed by atoms with Crippen molar-refractivity contribution in [3.63, 3.8) is 0 Å². The first-order valence-corrected chi connectivity index (χ1v) is 8.18. The third kappa shape index (κ3) is 2.81. The third-order valence-electron chi connectivity index (χ3n) is 3.79. The Morgan fingerprint density at radius 1 is 1.57 bits per heavy atom. The largest absolute Gasteiger partial charge is 0.395 e. The van der Waals surface area contributed by atoms with E-state index in [2.05, 4.69) is 21.6 Å². The second-order valence-corrected chi connectivity index (χ2v) is 6.63. The van der Waals surface area contributed by atoms with Gasteiger partial charge in [0.2, 0.25) is 0 Å². The van der Waals surface area contributed by atoms with E-state index in [-0.39, 0.29) is 11.8 Å². The number of aromatic nitrogens is 2. The highest BCUT2D eigenvalue weighted by Gasteiger charge is 2.35. The highest BCUT2D eigenvalue weighted by Crippen LogP contribution is 2.32. The minimum Gasteiger partial charge on any atom is -0.395 e. The summed E-state index contributed by atoms with van der Waals surface area (Å²) in [6, 6.07) is 2.39. The first-order valence-electron chi connectivity index (χ1n) is 7.23. The van der Waals surface area contributed by atoms with E-state index in [0.29, 0.717) is 24.0 Å². The molecule has 2 aromatic rings. The van der Waals surface area contributed by atoms with Gasteiger partial charge in [0.1, 0.15) is 0 Å². The molecule has 0 spiro atoms. The van der Waals surface area contributed by atoms with Gasteiger partial charge in [0, 0.05) is 12.6 Å². The lowest BCUT2D eigenvalue weighted by Crippen LogP contribution is -2.33. The van der Waals surface area contributed by atoms with Crippen molar-refractivity contribution in [3.05, 3.63) is 33.8 Å². The van der Waals surface area contributed by atoms with Crippen LogP contribution in [0.4, 0.5) is 5.69 Å². The predicted octanol–water partition coefficient (Wildman–Crippen LogP) is 2.98. The molecule has 0 saturated heterocycles. The molecule has 0 atom stereocenters. The molecule has 1 aliphatic carbocycles. The van der Waals surface area contributed by atoms with Crippen LogP contribution in [0.1, 0.15) is 54.4 Å². The van der Waals surface area contributed by atoms with Crippen molar-refractivity contribution in [3.8, 4) is 0 Å². The summed E-state index contributed by atoms with van der Waals surface area (Å²) in [5.74, 6) is 0.162. The molecule has 0 unspecified atom stereocenters. The number of H-pyrrole nitrogens is 1. The van der Waals surface area contributed by atoms with E-state index >= 15 is 0 Å². The van der Waals surface area contributed by atoms with Gasteiger partial charge in [0.15, 0.2) is 5.69 Å². The maximum absolute atomic E-state index is 12.8. The number of hydrogen-bond donors (Lipinski definition) is 2. The van der Waals surface area contributed by atoms with Crippen LogP contribution in [0.2, 0.25) is 0 Å². The van der Waals surface area contributed by atoms with E-state index in [9.17, 15) is 4.79 Å². The molecule has 112 valence electrons. The Bertz CT molecular complexity index is 628. The topological polar surface area (TPSA) is 75.0 Å². The monoisotopic (exact) mass is 304 g/mol. The number of aromatic amines is 1. The number of nitrogen functional groups attached to an aromatic ring is 1. The maximum Gasteiger partial charge on any atom is 0.277 e. The number of rotatable bonds is 5. The van der Waals surface area contributed by atoms with Crippen molar-refractivity contribution in [2.75, 3.05) is 5.73 Å². The highest BCUT2D eigenvalue weighted by molar-refractivity contribution is 7.07. The quantitative estimate of drug-likeness (QED) is 0.891. The molecular formula is C15H20N4OS. The van der Waals surface area contributed by atoms with Crippen LogP contribution in [0.3, 0.4) is 0 Å². The van der Waals surface area contributed by atoms with E-state index in [1.807, 2.05) is 24.1 Å². The minimum atomic E-state index is -0.0654. The van der Waals surface area contributed by atoms with E-state index in [1.54, 1.807) is 11.3 Å². The molecule has 5 nitrogen and oxygen atoms in total. The number of anilines is 1. The summed E-state index contributed by atoms with van der Waals surface area (Å²) in [6.45, 7) is 4.70. The number of thiophene rings is 1. The van der Waals surface area contributed by atoms with Gasteiger partial charge in [0.05, 0.1) is 11.4 Å². The van der Waals surface area contributed by atoms with Crippen molar-refractivity contribution in [1.29, 1.82) is 0 Å². The van der Waals surface area contributed by atoms with E-state index in [0.717, 1.165) is 18.5 Å². The Morgan fingerprint density at radius 3 is 2.86 bits per heavy atom. The van der Waals surface area contributed by atoms with Crippen molar-refractivity contribution in [1.82, 2.24) is 15.1 Å². The fourth-order valence-corrected chi connectivity index (χ4v) is 3.10. The van der Waals surface area contributed by atoms with Crippen LogP contribution in [0.15, 0.2) is 16.8 Å². The molecule has 0 aliphatic heterocycles. The molecule has 0 aromatic carbocycles. The SMILES string of the molecule is CC(C)c1[nH]nc(C(=O)N(Cc2ccsc2)C2CC2)c1N. The van der Waals surface area contributed by atoms with E-state index in [4.69, 9.17) is 5.73 Å². The van der Waals surface area contributed by atoms with Crippen LogP contribution in [-0.2, 0) is 6.54 Å². The van der Waals surface area contributed by atoms with Crippen LogP contribution in [0, 0.1) is 0 Å². The summed E-state index contributed by atoms with van der Waals surface area (Å²) in [7, 11) is 0. The average Bonchev–Trinajstić information content (AvgIpc) is 3.01. The molecule has 3 rings (SSSR count). The Hall–Kier alpha value is -1.82. The molecule has 2 heterocycles. The van der Waals surface area contributed by atoms with Gasteiger partial charge in [-0.3, -0.25) is 9.89 Å². The van der Waals surface area contributed by atoms with Gasteiger partial charge < -0.3 is 10.6 Å². The number of carbonyl (C=O) groups is 1. The number of amides is 1. The lowest BCUT2D eigenvalue weighted by Gasteiger charge is -2.21. The molecule has 2 aromatic heterocycles. The smallest absolute Gasteiger partial charge is 0.277 e. The predicted molar refractivity (Wildman–Crippen MR) is 84.3 cm³/mol. The molecule has 21 heavy (non-hydrogen) atoms. The zero-order valence-electron chi connectivity index (χ0n) is 12.3. The average molecular weight is 304 g/mol. The third-order valence-corrected chi connectivity index (χ3v) is 4.53. The van der Waals surface area contributed by atoms with Gasteiger partial charge >= 0.3 is 0 Å². The van der Waals surface area contributed by atoms with Crippen molar-refractivity contribution < 1.29 is 4.79 Å². The second kappa shape index (κ2) is 5.52. The molecular weight excluding hydrogens is 284 g/mol. The summed E-state index contributed by atoms with van der Waals surface area (Å²) in [6.07, 6.45) is 2.13. The molecule has 0 radical (unpaired) electrons. The lowest BCUT2D eigenvalue weighted by atomic mass is 10.1. The molecule has 6 heteroatoms. The summed E-state index contributed by atoms with van der Waals surface area (Å²) >= 11 is 1.65. The van der Waals surface area contributed by atoms with Crippen molar-refractivity contribution in [2.24, 2.45) is 0 Å². The Labute approximate surface area is 128 Å². The number of hydrogen-bond acceptors (Lipinski definition) is 4. The summed E-state index contributed by atoms with van der Waals surface area (Å²) in [4.78, 5) is 14.7. The number of carbonyl (C=O) groups excluding carboxylic acids is 1. The first kappa shape index (κ1) is 14.1. The normalized spacial score (nSPS) is 14.6. The van der Waals surface area contributed by atoms with Crippen LogP contribution >= 0.6 is 11.3 Å². The van der Waals surface area contributed by atoms with Crippen LogP contribution < -0.4 is 5.73 Å². The van der Waals surface area contributed by atoms with Crippen molar-refractivity contribution in [2.45, 2.75) is 45.2 Å². The molecule has 0 bridgehead atoms. The van der Waals surface area contributed by atoms with Gasteiger partial charge in [-0.1, -0.05) is 13.8 Å². The number of nitrogens with zero attached hydrogens (tertiary/aromatic N) is 2. The van der Waals surface area contributed by atoms with Crippen LogP contribution in [0.25, 0.3) is 0 Å². The van der Waals surface area contributed by atoms with Gasteiger partial charge in [-0.05, 0) is 41.1 Å². The Balaban J connectivity index is 1.84. The minimum absolute atomic E-state index is 0.0654. The fourth-order valence-electron chi connectivity index (χ4n) is 2.44. The Morgan fingerprint density at radius 2 is 2.33 bits per heavy atom. The summed E-state index contributed by atoms with van der Waals surface area (Å²) in [5, 5.41) is 11.2. The van der Waals surface area contributed by atoms with E-state index < -0.39 is 0 Å². The van der Waals surface area contributed by atoms with Crippen LogP contribution in [-0.4, -0.2) is 27.0 Å². The standard InChI is InChI=1S/C15H20N4OS/c1-9(2)13-12(16)14(18-17-13)15(20)19(11-3-4-11)7-10-5-6-21-8-10/h5-6,8-9,11H,3-4,7,16H2,1-2H3,(H,17,18). The number of nitrogens with one attached hydrogen (secondary N) is 1. The molecule has 1 amide bonds. The Kier molecular flexibility index (Phi) is 3.71. The molecule has 1 aliphatic rings. The second-order valence-electron chi connectivity index (χ2n) is 5.85. The van der Waals surface area contributed by atoms with Crippen molar-refractivity contribution >= 4 is 22.9 Å². The van der Waals surface area contributed by atoms with Gasteiger partial charge in [-0.2, -0.15) is 16.4 Å². The molecule has 3 N–H and O–H groups in total. The summed E-state index contributed by atoms with van der Waals surface area (Å²) < 4.78 is 0. The zero-order chi connectivity index (χ0) is 15.0. The van der Waals surface area contributed by atoms with Gasteiger partial charge in [-0.25, -0.2) is 0 Å². The van der Waals surface area contributed by atoms with Gasteiger partial charge in [-0.15, -0.1) is 0 Å². The zero-order valence-corrected chi connectivity index (χ0v) is 13.1. The molecule has 1 fully saturated rings. The molecule has 1 saturated carbocycles. The first-order chi connectivity index (χ1) is 10.1.